The maximum atomic E-state index is 12.7. The quantitative estimate of drug-likeness (QED) is 0.0542. The summed E-state index contributed by atoms with van der Waals surface area (Å²) < 4.78 is 157. The van der Waals surface area contributed by atoms with Crippen LogP contribution >= 0.6 is 0 Å². The fourth-order valence-corrected chi connectivity index (χ4v) is 11.1. The molecule has 0 aliphatic heterocycles. The summed E-state index contributed by atoms with van der Waals surface area (Å²) in [7, 11) is -16.0. The zero-order chi connectivity index (χ0) is 48.0. The number of methoxy groups -OCH3 is 2. The molecule has 0 saturated heterocycles. The van der Waals surface area contributed by atoms with Crippen LogP contribution in [0.3, 0.4) is 0 Å². The summed E-state index contributed by atoms with van der Waals surface area (Å²) in [5.41, 5.74) is 3.38. The van der Waals surface area contributed by atoms with Gasteiger partial charge in [-0.3, -0.25) is 18.2 Å². The van der Waals surface area contributed by atoms with Gasteiger partial charge >= 0.3 is 0 Å². The zero-order valence-corrected chi connectivity index (χ0v) is 37.9. The van der Waals surface area contributed by atoms with E-state index in [1.54, 1.807) is 58.0 Å². The molecule has 0 saturated carbocycles. The smallest absolute Gasteiger partial charge is 0.295 e. The Bertz CT molecular complexity index is 4480. The highest BCUT2D eigenvalue weighted by molar-refractivity contribution is 7.86. The number of fused-ring (bicyclic) bond motifs is 12. The van der Waals surface area contributed by atoms with Crippen molar-refractivity contribution in [2.24, 2.45) is 10.2 Å². The first kappa shape index (κ1) is 43.0. The normalized spacial score (nSPS) is 13.5. The zero-order valence-electron chi connectivity index (χ0n) is 34.6. The van der Waals surface area contributed by atoms with Crippen LogP contribution in [0.15, 0.2) is 139 Å². The van der Waals surface area contributed by atoms with Gasteiger partial charge in [0.25, 0.3) is 40.5 Å². The average Bonchev–Trinajstić information content (AvgIpc) is 4.15. The molecule has 26 heteroatoms. The van der Waals surface area contributed by atoms with Crippen molar-refractivity contribution < 1.29 is 61.4 Å². The van der Waals surface area contributed by atoms with Crippen molar-refractivity contribution in [2.75, 3.05) is 14.2 Å². The van der Waals surface area contributed by atoms with Crippen molar-refractivity contribution >= 4 is 108 Å². The number of azo groups is 1. The molecule has 11 aromatic rings. The van der Waals surface area contributed by atoms with Gasteiger partial charge in [0.05, 0.1) is 30.5 Å². The van der Waals surface area contributed by atoms with Gasteiger partial charge in [-0.15, -0.1) is 28.4 Å². The van der Waals surface area contributed by atoms with Crippen LogP contribution in [0.2, 0.25) is 0 Å². The van der Waals surface area contributed by atoms with E-state index >= 15 is 0 Å². The lowest BCUT2D eigenvalue weighted by Crippen LogP contribution is -2.03. The van der Waals surface area contributed by atoms with Gasteiger partial charge in [-0.25, -0.2) is 0 Å². The van der Waals surface area contributed by atoms with Crippen LogP contribution in [0.25, 0.3) is 67.1 Å². The topological polar surface area (TPSA) is 288 Å². The number of aromatic nitrogens is 6. The van der Waals surface area contributed by atoms with Gasteiger partial charge in [0.1, 0.15) is 59.6 Å². The highest BCUT2D eigenvalue weighted by Gasteiger charge is 2.32. The van der Waals surface area contributed by atoms with Gasteiger partial charge in [-0.1, -0.05) is 60.7 Å². The number of nitrogens with zero attached hydrogens (tertiary/aromatic N) is 8. The molecule has 4 aromatic heterocycles. The molecule has 0 aliphatic rings. The molecule has 11 rings (SSSR count). The molecule has 0 aliphatic carbocycles. The fourth-order valence-electron chi connectivity index (χ4n) is 8.42. The van der Waals surface area contributed by atoms with Gasteiger partial charge < -0.3 is 9.47 Å². The highest BCUT2D eigenvalue weighted by Crippen LogP contribution is 2.42. The maximum Gasteiger partial charge on any atom is 0.295 e. The van der Waals surface area contributed by atoms with E-state index in [4.69, 9.17) is 9.47 Å². The fraction of sp³-hybridized carbons (Fsp3) is 0.0476. The maximum absolute atomic E-state index is 12.7. The largest absolute Gasteiger partial charge is 0.494 e. The summed E-state index contributed by atoms with van der Waals surface area (Å²) in [6.45, 7) is 0. The van der Waals surface area contributed by atoms with E-state index in [-0.39, 0.29) is 49.1 Å². The van der Waals surface area contributed by atoms with E-state index in [1.807, 2.05) is 9.26 Å². The lowest BCUT2D eigenvalue weighted by molar-refractivity contribution is 0.402. The molecule has 22 nitrogen and oxygen atoms in total. The number of hydrogen-bond acceptors (Lipinski definition) is 12. The van der Waals surface area contributed by atoms with Crippen LogP contribution in [0.5, 0.6) is 11.5 Å². The van der Waals surface area contributed by atoms with E-state index in [1.165, 1.54) is 84.3 Å². The van der Waals surface area contributed by atoms with E-state index < -0.39 is 50.3 Å². The molecule has 4 N–H and O–H groups in total. The van der Waals surface area contributed by atoms with Gasteiger partial charge in [0, 0.05) is 28.3 Å². The Hall–Kier alpha value is -7.56. The van der Waals surface area contributed by atoms with Crippen molar-refractivity contribution in [3.8, 4) is 22.9 Å². The summed E-state index contributed by atoms with van der Waals surface area (Å²) in [6, 6.07) is 26.6. The molecular weight excluding hydrogens is 969 g/mol. The van der Waals surface area contributed by atoms with E-state index in [2.05, 4.69) is 10.2 Å². The lowest BCUT2D eigenvalue weighted by Gasteiger charge is -2.10. The molecule has 0 bridgehead atoms. The summed E-state index contributed by atoms with van der Waals surface area (Å²) in [5.74, 6) is 0.573. The third kappa shape index (κ3) is 6.72. The third-order valence-electron chi connectivity index (χ3n) is 11.5. The molecule has 0 radical (unpaired) electrons. The summed E-state index contributed by atoms with van der Waals surface area (Å²) in [4.78, 5) is 1.58. The van der Waals surface area contributed by atoms with Crippen molar-refractivity contribution in [2.45, 2.75) is 19.6 Å². The SMILES string of the molecule is COc1cc(-n2n3c4ccc5cc(S(=O)(=O)O)ccc5c4n23)c(OC)cc1N=Nc1ccc(/C=C\c2ccc(-n3n4c5cc(S(=O)(=O)O)c6ccccc6c5n34)cc2S(=O)(=O)O)c(S(=O)(=O)O)c1. The third-order valence-corrected chi connectivity index (χ3v) is 15.1. The molecule has 346 valence electrons. The van der Waals surface area contributed by atoms with Crippen LogP contribution in [0.1, 0.15) is 11.1 Å². The number of rotatable bonds is 12. The molecule has 0 amide bonds. The first-order valence-electron chi connectivity index (χ1n) is 19.6. The van der Waals surface area contributed by atoms with Gasteiger partial charge in [0.2, 0.25) is 0 Å². The molecule has 7 aromatic carbocycles. The summed E-state index contributed by atoms with van der Waals surface area (Å²) >= 11 is 0. The van der Waals surface area contributed by atoms with E-state index in [0.29, 0.717) is 33.2 Å². The predicted molar refractivity (Wildman–Crippen MR) is 245 cm³/mol. The van der Waals surface area contributed by atoms with Crippen molar-refractivity contribution in [3.05, 3.63) is 120 Å². The van der Waals surface area contributed by atoms with Crippen molar-refractivity contribution in [1.82, 2.24) is 28.1 Å². The first-order valence-corrected chi connectivity index (χ1v) is 25.4. The second-order valence-corrected chi connectivity index (χ2v) is 21.0. The number of ether oxygens (including phenoxy) is 2. The predicted octanol–water partition coefficient (Wildman–Crippen LogP) is 7.05. The molecule has 68 heavy (non-hydrogen) atoms. The first-order chi connectivity index (χ1) is 32.2. The van der Waals surface area contributed by atoms with Crippen LogP contribution in [0.4, 0.5) is 11.4 Å². The van der Waals surface area contributed by atoms with Gasteiger partial charge in [-0.2, -0.15) is 43.6 Å². The monoisotopic (exact) mass is 998 g/mol. The molecule has 4 heterocycles. The molecular formula is C42H30N8O14S4. The minimum Gasteiger partial charge on any atom is -0.494 e. The average molecular weight is 999 g/mol. The number of benzene rings is 7. The summed E-state index contributed by atoms with van der Waals surface area (Å²) in [5, 5.41) is 10.6. The Morgan fingerprint density at radius 3 is 1.78 bits per heavy atom. The highest BCUT2D eigenvalue weighted by atomic mass is 32.2. The molecule has 0 spiro atoms. The summed E-state index contributed by atoms with van der Waals surface area (Å²) in [6.07, 6.45) is 2.45. The Morgan fingerprint density at radius 2 is 1.12 bits per heavy atom. The second kappa shape index (κ2) is 14.5. The van der Waals surface area contributed by atoms with Crippen LogP contribution in [0, 0.1) is 0 Å². The van der Waals surface area contributed by atoms with Crippen LogP contribution in [-0.2, 0) is 40.5 Å². The standard InChI is InChI=1S/C42H30N8O14S4/c1-63-36-21-34(47-46-33-16-11-25-17-28(65(51,52)53)14-15-29(25)41(33)50(46)47)37(64-2)20-32(36)44-43-26-12-9-23(38(18-26)66(54,55)56)7-8-24-10-13-27(19-39(24)67(57,58)59)45-48-35-22-40(68(60,61)62)30-5-3-4-6-31(30)42(35)49(45)48/h3-22H,1-2H3,(H,51,52,53)(H,54,55,56)(H,57,58,59)(H,60,61,62)/b8-7-,44-43?. The lowest BCUT2D eigenvalue weighted by atomic mass is 10.1. The Balaban J connectivity index is 0.898. The van der Waals surface area contributed by atoms with E-state index in [0.717, 1.165) is 28.6 Å². The Labute approximate surface area is 382 Å². The van der Waals surface area contributed by atoms with E-state index in [9.17, 15) is 51.9 Å². The molecule has 0 unspecified atom stereocenters. The second-order valence-electron chi connectivity index (χ2n) is 15.4. The van der Waals surface area contributed by atoms with Crippen LogP contribution < -0.4 is 9.47 Å². The Morgan fingerprint density at radius 1 is 0.500 bits per heavy atom. The van der Waals surface area contributed by atoms with Crippen molar-refractivity contribution in [3.63, 3.8) is 0 Å². The Kier molecular flexibility index (Phi) is 9.16. The van der Waals surface area contributed by atoms with Gasteiger partial charge in [0.15, 0.2) is 0 Å². The minimum atomic E-state index is -4.92. The van der Waals surface area contributed by atoms with Crippen LogP contribution in [-0.4, -0.2) is 94.2 Å². The number of hydrogen-bond donors (Lipinski definition) is 4. The van der Waals surface area contributed by atoms with Crippen molar-refractivity contribution in [1.29, 1.82) is 0 Å². The molecule has 0 fully saturated rings. The minimum absolute atomic E-state index is 0.0147. The van der Waals surface area contributed by atoms with Gasteiger partial charge in [-0.05, 0) is 65.0 Å². The molecule has 0 atom stereocenters.